The molecule has 2 heterocycles. The van der Waals surface area contributed by atoms with Crippen LogP contribution in [0.4, 0.5) is 0 Å². The standard InChI is InChI=1S/C17H28N2O2S/c1-13(2)10-16(18-11-15-4-3-9-22-15)17(21)19-7-5-14(12-20)6-8-19/h3-4,9,13-14,16,18,20H,5-8,10-12H2,1-2H3. The first-order chi connectivity index (χ1) is 10.6. The van der Waals surface area contributed by atoms with Gasteiger partial charge in [0.25, 0.3) is 0 Å². The van der Waals surface area contributed by atoms with Gasteiger partial charge in [0, 0.05) is 31.1 Å². The molecule has 2 rings (SSSR count). The third-order valence-corrected chi connectivity index (χ3v) is 5.17. The average Bonchev–Trinajstić information content (AvgIpc) is 3.04. The first-order valence-electron chi connectivity index (χ1n) is 8.25. The van der Waals surface area contributed by atoms with Crippen LogP contribution in [0.3, 0.4) is 0 Å². The van der Waals surface area contributed by atoms with Crippen LogP contribution in [0.15, 0.2) is 17.5 Å². The Morgan fingerprint density at radius 2 is 2.18 bits per heavy atom. The summed E-state index contributed by atoms with van der Waals surface area (Å²) in [5.74, 6) is 1.08. The topological polar surface area (TPSA) is 52.6 Å². The van der Waals surface area contributed by atoms with Crippen molar-refractivity contribution < 1.29 is 9.90 Å². The number of aliphatic hydroxyl groups is 1. The molecule has 1 aliphatic heterocycles. The van der Waals surface area contributed by atoms with E-state index in [1.165, 1.54) is 4.88 Å². The summed E-state index contributed by atoms with van der Waals surface area (Å²) in [7, 11) is 0. The Morgan fingerprint density at radius 1 is 1.45 bits per heavy atom. The summed E-state index contributed by atoms with van der Waals surface area (Å²) >= 11 is 1.72. The number of aliphatic hydroxyl groups excluding tert-OH is 1. The average molecular weight is 324 g/mol. The smallest absolute Gasteiger partial charge is 0.239 e. The lowest BCUT2D eigenvalue weighted by Crippen LogP contribution is -2.49. The van der Waals surface area contributed by atoms with Crippen molar-refractivity contribution in [2.75, 3.05) is 19.7 Å². The van der Waals surface area contributed by atoms with Gasteiger partial charge < -0.3 is 15.3 Å². The summed E-state index contributed by atoms with van der Waals surface area (Å²) in [6.07, 6.45) is 2.70. The molecule has 1 fully saturated rings. The molecule has 0 spiro atoms. The van der Waals surface area contributed by atoms with E-state index in [2.05, 4.69) is 30.6 Å². The molecule has 1 aromatic heterocycles. The molecule has 1 amide bonds. The minimum atomic E-state index is -0.104. The molecule has 1 aliphatic rings. The van der Waals surface area contributed by atoms with Crippen molar-refractivity contribution in [2.24, 2.45) is 11.8 Å². The van der Waals surface area contributed by atoms with E-state index >= 15 is 0 Å². The summed E-state index contributed by atoms with van der Waals surface area (Å²) in [5.41, 5.74) is 0. The number of nitrogens with one attached hydrogen (secondary N) is 1. The van der Waals surface area contributed by atoms with Crippen LogP contribution in [-0.4, -0.2) is 41.7 Å². The fourth-order valence-electron chi connectivity index (χ4n) is 2.94. The van der Waals surface area contributed by atoms with Crippen LogP contribution in [0.5, 0.6) is 0 Å². The van der Waals surface area contributed by atoms with Crippen LogP contribution < -0.4 is 5.32 Å². The molecule has 0 radical (unpaired) electrons. The number of carbonyl (C=O) groups is 1. The van der Waals surface area contributed by atoms with Crippen LogP contribution in [-0.2, 0) is 11.3 Å². The Kier molecular flexibility index (Phi) is 6.86. The largest absolute Gasteiger partial charge is 0.396 e. The molecule has 4 nitrogen and oxygen atoms in total. The molecule has 0 aliphatic carbocycles. The van der Waals surface area contributed by atoms with E-state index in [1.807, 2.05) is 11.0 Å². The van der Waals surface area contributed by atoms with Gasteiger partial charge in [0.2, 0.25) is 5.91 Å². The van der Waals surface area contributed by atoms with Crippen molar-refractivity contribution in [3.63, 3.8) is 0 Å². The second kappa shape index (κ2) is 8.65. The molecule has 1 aromatic rings. The Hall–Kier alpha value is -0.910. The fraction of sp³-hybridized carbons (Fsp3) is 0.706. The van der Waals surface area contributed by atoms with E-state index in [4.69, 9.17) is 0 Å². The maximum atomic E-state index is 12.8. The molecule has 1 atom stereocenters. The van der Waals surface area contributed by atoms with Crippen LogP contribution in [0.25, 0.3) is 0 Å². The van der Waals surface area contributed by atoms with Gasteiger partial charge in [-0.3, -0.25) is 4.79 Å². The zero-order valence-corrected chi connectivity index (χ0v) is 14.4. The maximum Gasteiger partial charge on any atom is 0.239 e. The van der Waals surface area contributed by atoms with Crippen LogP contribution in [0.1, 0.15) is 38.0 Å². The summed E-state index contributed by atoms with van der Waals surface area (Å²) in [6.45, 7) is 6.87. The van der Waals surface area contributed by atoms with Gasteiger partial charge in [-0.05, 0) is 42.5 Å². The highest BCUT2D eigenvalue weighted by molar-refractivity contribution is 7.09. The highest BCUT2D eigenvalue weighted by Crippen LogP contribution is 2.19. The Morgan fingerprint density at radius 3 is 2.73 bits per heavy atom. The molecule has 1 unspecified atom stereocenters. The van der Waals surface area contributed by atoms with Crippen molar-refractivity contribution in [1.29, 1.82) is 0 Å². The summed E-state index contributed by atoms with van der Waals surface area (Å²) in [5, 5.41) is 14.7. The molecule has 2 N–H and O–H groups in total. The Bertz CT molecular complexity index is 440. The fourth-order valence-corrected chi connectivity index (χ4v) is 3.59. The van der Waals surface area contributed by atoms with E-state index in [1.54, 1.807) is 11.3 Å². The number of hydrogen-bond acceptors (Lipinski definition) is 4. The molecular weight excluding hydrogens is 296 g/mol. The number of likely N-dealkylation sites (tertiary alicyclic amines) is 1. The lowest BCUT2D eigenvalue weighted by atomic mass is 9.96. The summed E-state index contributed by atoms with van der Waals surface area (Å²) in [4.78, 5) is 16.0. The van der Waals surface area contributed by atoms with Crippen molar-refractivity contribution in [2.45, 2.75) is 45.7 Å². The lowest BCUT2D eigenvalue weighted by Gasteiger charge is -2.34. The number of amides is 1. The van der Waals surface area contributed by atoms with Gasteiger partial charge in [-0.2, -0.15) is 0 Å². The SMILES string of the molecule is CC(C)CC(NCc1cccs1)C(=O)N1CCC(CO)CC1. The second-order valence-electron chi connectivity index (χ2n) is 6.59. The lowest BCUT2D eigenvalue weighted by molar-refractivity contribution is -0.135. The van der Waals surface area contributed by atoms with Crippen molar-refractivity contribution in [1.82, 2.24) is 10.2 Å². The summed E-state index contributed by atoms with van der Waals surface area (Å²) in [6, 6.07) is 4.04. The maximum absolute atomic E-state index is 12.8. The van der Waals surface area contributed by atoms with Gasteiger partial charge >= 0.3 is 0 Å². The molecule has 0 aromatic carbocycles. The van der Waals surface area contributed by atoms with Crippen LogP contribution >= 0.6 is 11.3 Å². The first-order valence-corrected chi connectivity index (χ1v) is 9.13. The van der Waals surface area contributed by atoms with Gasteiger partial charge in [-0.25, -0.2) is 0 Å². The first kappa shape index (κ1) is 17.4. The second-order valence-corrected chi connectivity index (χ2v) is 7.63. The minimum absolute atomic E-state index is 0.104. The van der Waals surface area contributed by atoms with Crippen LogP contribution in [0, 0.1) is 11.8 Å². The molecule has 22 heavy (non-hydrogen) atoms. The van der Waals surface area contributed by atoms with Crippen molar-refractivity contribution >= 4 is 17.2 Å². The quantitative estimate of drug-likeness (QED) is 0.810. The van der Waals surface area contributed by atoms with Crippen LogP contribution in [0.2, 0.25) is 0 Å². The zero-order valence-electron chi connectivity index (χ0n) is 13.6. The minimum Gasteiger partial charge on any atom is -0.396 e. The summed E-state index contributed by atoms with van der Waals surface area (Å²) < 4.78 is 0. The van der Waals surface area contributed by atoms with E-state index in [0.717, 1.165) is 38.9 Å². The molecule has 124 valence electrons. The zero-order chi connectivity index (χ0) is 15.9. The normalized spacial score (nSPS) is 17.9. The number of hydrogen-bond donors (Lipinski definition) is 2. The molecular formula is C17H28N2O2S. The van der Waals surface area contributed by atoms with Gasteiger partial charge in [0.05, 0.1) is 6.04 Å². The number of piperidine rings is 1. The van der Waals surface area contributed by atoms with Gasteiger partial charge in [0.15, 0.2) is 0 Å². The number of nitrogens with zero attached hydrogens (tertiary/aromatic N) is 1. The molecule has 0 bridgehead atoms. The van der Waals surface area contributed by atoms with Crippen molar-refractivity contribution in [3.05, 3.63) is 22.4 Å². The molecule has 1 saturated heterocycles. The monoisotopic (exact) mass is 324 g/mol. The highest BCUT2D eigenvalue weighted by Gasteiger charge is 2.28. The Labute approximate surface area is 137 Å². The number of carbonyl (C=O) groups excluding carboxylic acids is 1. The number of thiophene rings is 1. The third kappa shape index (κ3) is 5.07. The molecule has 0 saturated carbocycles. The van der Waals surface area contributed by atoms with Gasteiger partial charge in [0.1, 0.15) is 0 Å². The Balaban J connectivity index is 1.90. The van der Waals surface area contributed by atoms with E-state index < -0.39 is 0 Å². The predicted molar refractivity (Wildman–Crippen MR) is 90.8 cm³/mol. The molecule has 5 heteroatoms. The van der Waals surface area contributed by atoms with Crippen molar-refractivity contribution in [3.8, 4) is 0 Å². The number of rotatable bonds is 7. The highest BCUT2D eigenvalue weighted by atomic mass is 32.1. The van der Waals surface area contributed by atoms with E-state index in [-0.39, 0.29) is 18.6 Å². The van der Waals surface area contributed by atoms with Gasteiger partial charge in [-0.1, -0.05) is 19.9 Å². The third-order valence-electron chi connectivity index (χ3n) is 4.29. The van der Waals surface area contributed by atoms with E-state index in [9.17, 15) is 9.90 Å². The van der Waals surface area contributed by atoms with Gasteiger partial charge in [-0.15, -0.1) is 11.3 Å². The predicted octanol–water partition coefficient (Wildman–Crippen LogP) is 2.48. The van der Waals surface area contributed by atoms with E-state index in [0.29, 0.717) is 11.8 Å².